The molecule has 0 fully saturated rings. The van der Waals surface area contributed by atoms with Crippen molar-refractivity contribution in [2.24, 2.45) is 0 Å². The number of H-pyrrole nitrogens is 1. The second kappa shape index (κ2) is 8.02. The number of nitrogens with zero attached hydrogens (tertiary/aromatic N) is 1. The molecule has 2 N–H and O–H groups in total. The van der Waals surface area contributed by atoms with Gasteiger partial charge in [-0.2, -0.15) is 13.2 Å². The Morgan fingerprint density at radius 3 is 2.37 bits per heavy atom. The summed E-state index contributed by atoms with van der Waals surface area (Å²) >= 11 is 5.86. The van der Waals surface area contributed by atoms with Crippen LogP contribution in [0.25, 0.3) is 11.3 Å². The van der Waals surface area contributed by atoms with Crippen molar-refractivity contribution in [2.45, 2.75) is 32.1 Å². The quantitative estimate of drug-likeness (QED) is 0.614. The number of carbonyl (C=O) groups is 1. The summed E-state index contributed by atoms with van der Waals surface area (Å²) in [7, 11) is 0. The van der Waals surface area contributed by atoms with Gasteiger partial charge in [0, 0.05) is 11.2 Å². The van der Waals surface area contributed by atoms with Gasteiger partial charge in [0.25, 0.3) is 0 Å². The topological polar surface area (TPSA) is 66.9 Å². The molecule has 1 aromatic heterocycles. The van der Waals surface area contributed by atoms with Crippen LogP contribution in [0.15, 0.2) is 59.5 Å². The van der Waals surface area contributed by atoms with Crippen LogP contribution in [-0.2, 0) is 23.1 Å². The van der Waals surface area contributed by atoms with Gasteiger partial charge in [-0.3, -0.25) is 9.36 Å². The number of nitrogens with one attached hydrogen (secondary N) is 2. The van der Waals surface area contributed by atoms with Gasteiger partial charge < -0.3 is 10.3 Å². The first-order chi connectivity index (χ1) is 14.0. The molecule has 0 spiro atoms. The number of carbonyl (C=O) groups excluding carboxylic acids is 1. The fraction of sp³-hybridized carbons (Fsp3) is 0.238. The standard InChI is InChI=1S/C21H19ClF3N3O2/c1-20(2,14-4-3-5-15(10-14)21(23,24)25)27-18(29)12-28-11-17(26-19(28)30)13-6-8-16(22)9-7-13/h3-11H,12H2,1-2H3,(H,26,30)(H,27,29). The molecule has 1 amide bonds. The number of aromatic nitrogens is 2. The Morgan fingerprint density at radius 1 is 1.10 bits per heavy atom. The Bertz CT molecular complexity index is 1120. The van der Waals surface area contributed by atoms with Crippen LogP contribution >= 0.6 is 11.6 Å². The second-order valence-corrected chi connectivity index (χ2v) is 7.80. The zero-order chi connectivity index (χ0) is 22.1. The zero-order valence-corrected chi connectivity index (χ0v) is 16.9. The number of halogens is 4. The maximum atomic E-state index is 13.0. The van der Waals surface area contributed by atoms with Gasteiger partial charge in [0.1, 0.15) is 6.54 Å². The normalized spacial score (nSPS) is 12.1. The lowest BCUT2D eigenvalue weighted by Gasteiger charge is -2.27. The summed E-state index contributed by atoms with van der Waals surface area (Å²) in [6.45, 7) is 2.91. The first-order valence-electron chi connectivity index (χ1n) is 9.00. The van der Waals surface area contributed by atoms with Crippen molar-refractivity contribution in [3.63, 3.8) is 0 Å². The number of hydrogen-bond acceptors (Lipinski definition) is 2. The molecule has 5 nitrogen and oxygen atoms in total. The van der Waals surface area contributed by atoms with Crippen molar-refractivity contribution < 1.29 is 18.0 Å². The Morgan fingerprint density at radius 2 is 1.73 bits per heavy atom. The number of amides is 1. The first-order valence-corrected chi connectivity index (χ1v) is 9.38. The number of alkyl halides is 3. The van der Waals surface area contributed by atoms with Crippen molar-refractivity contribution in [3.05, 3.63) is 81.4 Å². The molecule has 158 valence electrons. The highest BCUT2D eigenvalue weighted by molar-refractivity contribution is 6.30. The van der Waals surface area contributed by atoms with Gasteiger partial charge in [0.05, 0.1) is 16.8 Å². The maximum absolute atomic E-state index is 13.0. The fourth-order valence-electron chi connectivity index (χ4n) is 3.03. The Kier molecular flexibility index (Phi) is 5.81. The minimum absolute atomic E-state index is 0.286. The van der Waals surface area contributed by atoms with Crippen molar-refractivity contribution >= 4 is 17.5 Å². The monoisotopic (exact) mass is 437 g/mol. The number of hydrogen-bond donors (Lipinski definition) is 2. The van der Waals surface area contributed by atoms with Crippen LogP contribution < -0.4 is 11.0 Å². The largest absolute Gasteiger partial charge is 0.416 e. The van der Waals surface area contributed by atoms with E-state index in [4.69, 9.17) is 11.6 Å². The van der Waals surface area contributed by atoms with E-state index in [9.17, 15) is 22.8 Å². The van der Waals surface area contributed by atoms with Crippen LogP contribution in [0.2, 0.25) is 5.02 Å². The van der Waals surface area contributed by atoms with Crippen LogP contribution in [0, 0.1) is 0 Å². The summed E-state index contributed by atoms with van der Waals surface area (Å²) < 4.78 is 40.1. The van der Waals surface area contributed by atoms with Crippen molar-refractivity contribution in [3.8, 4) is 11.3 Å². The lowest BCUT2D eigenvalue weighted by molar-refractivity contribution is -0.137. The zero-order valence-electron chi connectivity index (χ0n) is 16.2. The molecule has 0 aliphatic carbocycles. The fourth-order valence-corrected chi connectivity index (χ4v) is 3.15. The van der Waals surface area contributed by atoms with E-state index in [1.807, 2.05) is 0 Å². The van der Waals surface area contributed by atoms with Gasteiger partial charge in [0.15, 0.2) is 0 Å². The molecule has 0 saturated heterocycles. The van der Waals surface area contributed by atoms with Gasteiger partial charge in [0.2, 0.25) is 5.91 Å². The molecule has 0 bridgehead atoms. The molecule has 2 aromatic carbocycles. The molecule has 9 heteroatoms. The number of aromatic amines is 1. The maximum Gasteiger partial charge on any atom is 0.416 e. The molecule has 3 aromatic rings. The van der Waals surface area contributed by atoms with Crippen molar-refractivity contribution in [1.29, 1.82) is 0 Å². The van der Waals surface area contributed by atoms with E-state index in [1.165, 1.54) is 22.9 Å². The molecule has 0 saturated carbocycles. The van der Waals surface area contributed by atoms with E-state index in [2.05, 4.69) is 10.3 Å². The summed E-state index contributed by atoms with van der Waals surface area (Å²) in [5, 5.41) is 3.24. The first kappa shape index (κ1) is 21.7. The molecule has 0 aliphatic heterocycles. The summed E-state index contributed by atoms with van der Waals surface area (Å²) in [5.41, 5.74) is -0.809. The third-order valence-corrected chi connectivity index (χ3v) is 4.87. The van der Waals surface area contributed by atoms with Crippen LogP contribution in [0.5, 0.6) is 0 Å². The highest BCUT2D eigenvalue weighted by Gasteiger charge is 2.32. The lowest BCUT2D eigenvalue weighted by Crippen LogP contribution is -2.43. The average Bonchev–Trinajstić information content (AvgIpc) is 3.01. The van der Waals surface area contributed by atoms with Crippen LogP contribution in [0.3, 0.4) is 0 Å². The smallest absolute Gasteiger partial charge is 0.346 e. The summed E-state index contributed by atoms with van der Waals surface area (Å²) in [5.74, 6) is -0.513. The number of imidazole rings is 1. The molecule has 3 rings (SSSR count). The van der Waals surface area contributed by atoms with Crippen LogP contribution in [0.4, 0.5) is 13.2 Å². The van der Waals surface area contributed by atoms with E-state index in [1.54, 1.807) is 38.1 Å². The minimum atomic E-state index is -4.48. The minimum Gasteiger partial charge on any atom is -0.346 e. The van der Waals surface area contributed by atoms with Gasteiger partial charge >= 0.3 is 11.9 Å². The highest BCUT2D eigenvalue weighted by atomic mass is 35.5. The molecule has 0 unspecified atom stereocenters. The molecule has 0 atom stereocenters. The van der Waals surface area contributed by atoms with E-state index >= 15 is 0 Å². The third kappa shape index (κ3) is 4.94. The van der Waals surface area contributed by atoms with E-state index < -0.39 is 28.9 Å². The SMILES string of the molecule is CC(C)(NC(=O)Cn1cc(-c2ccc(Cl)cc2)[nH]c1=O)c1cccc(C(F)(F)F)c1. The molecular weight excluding hydrogens is 419 g/mol. The van der Waals surface area contributed by atoms with Gasteiger partial charge in [-0.05, 0) is 49.2 Å². The van der Waals surface area contributed by atoms with Gasteiger partial charge in [-0.15, -0.1) is 0 Å². The predicted octanol–water partition coefficient (Wildman–Crippen LogP) is 4.57. The Hall–Kier alpha value is -3.00. The molecule has 30 heavy (non-hydrogen) atoms. The van der Waals surface area contributed by atoms with E-state index in [0.717, 1.165) is 17.7 Å². The average molecular weight is 438 g/mol. The summed E-state index contributed by atoms with van der Waals surface area (Å²) in [4.78, 5) is 27.3. The van der Waals surface area contributed by atoms with Crippen molar-refractivity contribution in [1.82, 2.24) is 14.9 Å². The molecular formula is C21H19ClF3N3O2. The highest BCUT2D eigenvalue weighted by Crippen LogP contribution is 2.32. The van der Waals surface area contributed by atoms with Crippen LogP contribution in [-0.4, -0.2) is 15.5 Å². The second-order valence-electron chi connectivity index (χ2n) is 7.36. The Balaban J connectivity index is 1.75. The van der Waals surface area contributed by atoms with Crippen molar-refractivity contribution in [2.75, 3.05) is 0 Å². The third-order valence-electron chi connectivity index (χ3n) is 4.62. The number of benzene rings is 2. The lowest BCUT2D eigenvalue weighted by atomic mass is 9.92. The molecule has 0 aliphatic rings. The summed E-state index contributed by atoms with van der Waals surface area (Å²) in [6.07, 6.45) is -2.98. The van der Waals surface area contributed by atoms with Crippen LogP contribution in [0.1, 0.15) is 25.0 Å². The summed E-state index contributed by atoms with van der Waals surface area (Å²) in [6, 6.07) is 11.6. The Labute approximate surface area is 175 Å². The van der Waals surface area contributed by atoms with E-state index in [-0.39, 0.29) is 6.54 Å². The van der Waals surface area contributed by atoms with Gasteiger partial charge in [-0.1, -0.05) is 35.9 Å². The molecule has 1 heterocycles. The van der Waals surface area contributed by atoms with E-state index in [0.29, 0.717) is 16.3 Å². The van der Waals surface area contributed by atoms with Gasteiger partial charge in [-0.25, -0.2) is 4.79 Å². The predicted molar refractivity (Wildman–Crippen MR) is 108 cm³/mol. The number of rotatable bonds is 5. The molecule has 0 radical (unpaired) electrons.